The summed E-state index contributed by atoms with van der Waals surface area (Å²) in [5, 5.41) is 10.1. The van der Waals surface area contributed by atoms with Crippen LogP contribution in [0.1, 0.15) is 17.1 Å². The lowest BCUT2D eigenvalue weighted by atomic mass is 10.2. The Hall–Kier alpha value is -0.490. The summed E-state index contributed by atoms with van der Waals surface area (Å²) in [5.74, 6) is 0. The van der Waals surface area contributed by atoms with Crippen LogP contribution in [0.4, 0.5) is 0 Å². The number of hydrogen-bond donors (Lipinski definition) is 2. The Morgan fingerprint density at radius 3 is 3.24 bits per heavy atom. The molecule has 0 radical (unpaired) electrons. The minimum Gasteiger partial charge on any atom is -0.376 e. The molecule has 96 valence electrons. The van der Waals surface area contributed by atoms with Gasteiger partial charge in [-0.25, -0.2) is 4.98 Å². The molecule has 5 heteroatoms. The van der Waals surface area contributed by atoms with Gasteiger partial charge in [-0.1, -0.05) is 0 Å². The molecule has 2 N–H and O–H groups in total. The Kier molecular flexibility index (Phi) is 5.38. The van der Waals surface area contributed by atoms with Crippen LogP contribution in [0.2, 0.25) is 0 Å². The first kappa shape index (κ1) is 13.0. The van der Waals surface area contributed by atoms with Crippen molar-refractivity contribution in [1.82, 2.24) is 15.6 Å². The monoisotopic (exact) mass is 255 g/mol. The molecule has 1 saturated heterocycles. The fraction of sp³-hybridized carbons (Fsp3) is 0.750. The lowest BCUT2D eigenvalue weighted by molar-refractivity contribution is 0.0239. The molecule has 0 saturated carbocycles. The van der Waals surface area contributed by atoms with Gasteiger partial charge < -0.3 is 15.4 Å². The predicted molar refractivity (Wildman–Crippen MR) is 70.7 cm³/mol. The van der Waals surface area contributed by atoms with E-state index >= 15 is 0 Å². The van der Waals surface area contributed by atoms with E-state index in [0.717, 1.165) is 51.3 Å². The van der Waals surface area contributed by atoms with Crippen LogP contribution in [0.25, 0.3) is 0 Å². The SMILES string of the molecule is Cc1csc(CCNCCC2CNCCO2)n1. The summed E-state index contributed by atoms with van der Waals surface area (Å²) < 4.78 is 5.63. The Balaban J connectivity index is 1.51. The second-order valence-corrected chi connectivity index (χ2v) is 5.31. The van der Waals surface area contributed by atoms with Crippen molar-refractivity contribution in [3.8, 4) is 0 Å². The van der Waals surface area contributed by atoms with Crippen LogP contribution in [0.15, 0.2) is 5.38 Å². The highest BCUT2D eigenvalue weighted by Gasteiger charge is 2.12. The van der Waals surface area contributed by atoms with Gasteiger partial charge in [-0.15, -0.1) is 11.3 Å². The number of hydrogen-bond acceptors (Lipinski definition) is 5. The van der Waals surface area contributed by atoms with Gasteiger partial charge >= 0.3 is 0 Å². The first-order valence-electron chi connectivity index (χ1n) is 6.28. The second-order valence-electron chi connectivity index (χ2n) is 4.37. The lowest BCUT2D eigenvalue weighted by Gasteiger charge is -2.23. The number of ether oxygens (including phenoxy) is 1. The first-order chi connectivity index (χ1) is 8.34. The first-order valence-corrected chi connectivity index (χ1v) is 7.16. The molecule has 1 atom stereocenters. The molecule has 1 aromatic rings. The third-order valence-electron chi connectivity index (χ3n) is 2.83. The number of nitrogens with one attached hydrogen (secondary N) is 2. The van der Waals surface area contributed by atoms with Crippen molar-refractivity contribution in [2.45, 2.75) is 25.9 Å². The fourth-order valence-corrected chi connectivity index (χ4v) is 2.68. The maximum Gasteiger partial charge on any atom is 0.0940 e. The molecule has 1 aliphatic heterocycles. The van der Waals surface area contributed by atoms with Crippen LogP contribution in [0, 0.1) is 6.92 Å². The zero-order chi connectivity index (χ0) is 11.9. The molecular formula is C12H21N3OS. The summed E-state index contributed by atoms with van der Waals surface area (Å²) in [6, 6.07) is 0. The Morgan fingerprint density at radius 2 is 2.53 bits per heavy atom. The number of aryl methyl sites for hydroxylation is 1. The van der Waals surface area contributed by atoms with Crippen LogP contribution in [-0.4, -0.2) is 43.9 Å². The molecule has 1 unspecified atom stereocenters. The molecule has 17 heavy (non-hydrogen) atoms. The summed E-state index contributed by atoms with van der Waals surface area (Å²) in [6.45, 7) is 6.91. The van der Waals surface area contributed by atoms with Crippen molar-refractivity contribution in [1.29, 1.82) is 0 Å². The molecule has 1 fully saturated rings. The van der Waals surface area contributed by atoms with Crippen LogP contribution in [-0.2, 0) is 11.2 Å². The van der Waals surface area contributed by atoms with E-state index in [4.69, 9.17) is 4.74 Å². The molecular weight excluding hydrogens is 234 g/mol. The normalized spacial score (nSPS) is 20.6. The molecule has 4 nitrogen and oxygen atoms in total. The summed E-state index contributed by atoms with van der Waals surface area (Å²) in [4.78, 5) is 4.44. The lowest BCUT2D eigenvalue weighted by Crippen LogP contribution is -2.40. The average molecular weight is 255 g/mol. The van der Waals surface area contributed by atoms with Gasteiger partial charge in [0, 0.05) is 37.1 Å². The van der Waals surface area contributed by atoms with E-state index < -0.39 is 0 Å². The number of nitrogens with zero attached hydrogens (tertiary/aromatic N) is 1. The Bertz CT molecular complexity index is 323. The van der Waals surface area contributed by atoms with Crippen molar-refractivity contribution in [2.75, 3.05) is 32.8 Å². The third kappa shape index (κ3) is 4.71. The van der Waals surface area contributed by atoms with Gasteiger partial charge in [0.1, 0.15) is 0 Å². The quantitative estimate of drug-likeness (QED) is 0.743. The van der Waals surface area contributed by atoms with Crippen molar-refractivity contribution in [3.63, 3.8) is 0 Å². The summed E-state index contributed by atoms with van der Waals surface area (Å²) >= 11 is 1.75. The van der Waals surface area contributed by atoms with Crippen molar-refractivity contribution in [3.05, 3.63) is 16.1 Å². The third-order valence-corrected chi connectivity index (χ3v) is 3.86. The molecule has 0 spiro atoms. The summed E-state index contributed by atoms with van der Waals surface area (Å²) in [6.07, 6.45) is 2.50. The number of rotatable bonds is 6. The van der Waals surface area contributed by atoms with Crippen LogP contribution >= 0.6 is 11.3 Å². The largest absolute Gasteiger partial charge is 0.376 e. The second kappa shape index (κ2) is 7.06. The van der Waals surface area contributed by atoms with E-state index in [0.29, 0.717) is 6.10 Å². The number of morpholine rings is 1. The van der Waals surface area contributed by atoms with Crippen molar-refractivity contribution in [2.24, 2.45) is 0 Å². The van der Waals surface area contributed by atoms with Gasteiger partial charge in [-0.2, -0.15) is 0 Å². The zero-order valence-electron chi connectivity index (χ0n) is 10.4. The minimum absolute atomic E-state index is 0.387. The van der Waals surface area contributed by atoms with E-state index in [1.54, 1.807) is 11.3 Å². The Morgan fingerprint density at radius 1 is 1.59 bits per heavy atom. The van der Waals surface area contributed by atoms with Gasteiger partial charge in [-0.05, 0) is 19.9 Å². The molecule has 2 heterocycles. The van der Waals surface area contributed by atoms with Gasteiger partial charge in [0.05, 0.1) is 17.7 Å². The van der Waals surface area contributed by atoms with Crippen molar-refractivity contribution < 1.29 is 4.74 Å². The van der Waals surface area contributed by atoms with E-state index in [-0.39, 0.29) is 0 Å². The smallest absolute Gasteiger partial charge is 0.0940 e. The molecule has 0 aliphatic carbocycles. The zero-order valence-corrected chi connectivity index (χ0v) is 11.2. The molecule has 0 aromatic carbocycles. The van der Waals surface area contributed by atoms with Gasteiger partial charge in [0.15, 0.2) is 0 Å². The van der Waals surface area contributed by atoms with Gasteiger partial charge in [0.2, 0.25) is 0 Å². The molecule has 1 aliphatic rings. The van der Waals surface area contributed by atoms with Gasteiger partial charge in [0.25, 0.3) is 0 Å². The number of thiazole rings is 1. The topological polar surface area (TPSA) is 46.2 Å². The van der Waals surface area contributed by atoms with Crippen molar-refractivity contribution >= 4 is 11.3 Å². The molecule has 1 aromatic heterocycles. The number of aromatic nitrogens is 1. The Labute approximate surface area is 107 Å². The fourth-order valence-electron chi connectivity index (χ4n) is 1.91. The highest BCUT2D eigenvalue weighted by molar-refractivity contribution is 7.09. The molecule has 0 bridgehead atoms. The molecule has 0 amide bonds. The minimum atomic E-state index is 0.387. The van der Waals surface area contributed by atoms with Crippen LogP contribution < -0.4 is 10.6 Å². The maximum absolute atomic E-state index is 5.63. The highest BCUT2D eigenvalue weighted by Crippen LogP contribution is 2.08. The van der Waals surface area contributed by atoms with E-state index in [1.807, 2.05) is 6.92 Å². The summed E-state index contributed by atoms with van der Waals surface area (Å²) in [5.41, 5.74) is 1.13. The highest BCUT2D eigenvalue weighted by atomic mass is 32.1. The van der Waals surface area contributed by atoms with Crippen LogP contribution in [0.3, 0.4) is 0 Å². The predicted octanol–water partition coefficient (Wildman–Crippen LogP) is 0.962. The van der Waals surface area contributed by atoms with E-state index in [2.05, 4.69) is 21.0 Å². The van der Waals surface area contributed by atoms with E-state index in [9.17, 15) is 0 Å². The standard InChI is InChI=1S/C12H21N3OS/c1-10-9-17-12(15-10)3-5-13-4-2-11-8-14-6-7-16-11/h9,11,13-14H,2-8H2,1H3. The average Bonchev–Trinajstić information content (AvgIpc) is 2.76. The van der Waals surface area contributed by atoms with E-state index in [1.165, 1.54) is 5.01 Å². The van der Waals surface area contributed by atoms with Crippen LogP contribution in [0.5, 0.6) is 0 Å². The molecule has 2 rings (SSSR count). The maximum atomic E-state index is 5.63. The summed E-state index contributed by atoms with van der Waals surface area (Å²) in [7, 11) is 0. The van der Waals surface area contributed by atoms with Gasteiger partial charge in [-0.3, -0.25) is 0 Å².